The van der Waals surface area contributed by atoms with E-state index in [0.29, 0.717) is 19.6 Å². The van der Waals surface area contributed by atoms with E-state index in [-0.39, 0.29) is 11.7 Å². The fraction of sp³-hybridized carbons (Fsp3) is 0.526. The van der Waals surface area contributed by atoms with Gasteiger partial charge in [-0.3, -0.25) is 4.90 Å². The quantitative estimate of drug-likeness (QED) is 0.799. The fourth-order valence-corrected chi connectivity index (χ4v) is 4.77. The van der Waals surface area contributed by atoms with Crippen LogP contribution in [0.3, 0.4) is 0 Å². The van der Waals surface area contributed by atoms with Gasteiger partial charge in [0.1, 0.15) is 0 Å². The maximum Gasteiger partial charge on any atom is 0.214 e. The van der Waals surface area contributed by atoms with Crippen LogP contribution in [0.1, 0.15) is 17.0 Å². The summed E-state index contributed by atoms with van der Waals surface area (Å²) in [7, 11) is -0.275. The Bertz CT molecular complexity index is 893. The molecule has 0 amide bonds. The minimum atomic E-state index is -3.33. The van der Waals surface area contributed by atoms with E-state index in [1.165, 1.54) is 18.4 Å². The lowest BCUT2D eigenvalue weighted by Crippen LogP contribution is -2.33. The van der Waals surface area contributed by atoms with Crippen LogP contribution in [0.2, 0.25) is 0 Å². The van der Waals surface area contributed by atoms with E-state index in [0.717, 1.165) is 22.6 Å². The molecule has 1 aliphatic heterocycles. The van der Waals surface area contributed by atoms with Gasteiger partial charge in [-0.05, 0) is 26.0 Å². The smallest absolute Gasteiger partial charge is 0.214 e. The zero-order chi connectivity index (χ0) is 19.8. The fourth-order valence-electron chi connectivity index (χ4n) is 3.60. The van der Waals surface area contributed by atoms with Crippen LogP contribution < -0.4 is 0 Å². The first-order valence-corrected chi connectivity index (χ1v) is 10.7. The van der Waals surface area contributed by atoms with E-state index in [1.807, 2.05) is 48.9 Å². The van der Waals surface area contributed by atoms with Crippen molar-refractivity contribution in [3.63, 3.8) is 0 Å². The number of aliphatic hydroxyl groups excluding tert-OH is 1. The maximum atomic E-state index is 12.1. The third kappa shape index (κ3) is 4.24. The topological polar surface area (TPSA) is 78.7 Å². The molecule has 0 saturated carbocycles. The Kier molecular flexibility index (Phi) is 5.71. The number of aliphatic hydroxyl groups is 1. The van der Waals surface area contributed by atoms with Gasteiger partial charge in [0.15, 0.2) is 0 Å². The first kappa shape index (κ1) is 20.0. The number of aryl methyl sites for hydroxylation is 1. The summed E-state index contributed by atoms with van der Waals surface area (Å²) in [5.74, 6) is -0.305. The minimum Gasteiger partial charge on any atom is -0.391 e. The number of para-hydroxylation sites is 1. The van der Waals surface area contributed by atoms with Crippen molar-refractivity contribution >= 4 is 10.0 Å². The first-order chi connectivity index (χ1) is 12.7. The summed E-state index contributed by atoms with van der Waals surface area (Å²) in [6.07, 6.45) is -0.635. The van der Waals surface area contributed by atoms with Crippen molar-refractivity contribution in [2.75, 3.05) is 32.9 Å². The van der Waals surface area contributed by atoms with Crippen LogP contribution in [-0.4, -0.2) is 71.6 Å². The van der Waals surface area contributed by atoms with Crippen LogP contribution >= 0.6 is 0 Å². The normalized spacial score (nSPS) is 21.3. The molecule has 1 fully saturated rings. The van der Waals surface area contributed by atoms with Gasteiger partial charge in [-0.2, -0.15) is 5.10 Å². The molecule has 0 spiro atoms. The Morgan fingerprint density at radius 3 is 2.48 bits per heavy atom. The van der Waals surface area contributed by atoms with E-state index in [2.05, 4.69) is 10.00 Å². The van der Waals surface area contributed by atoms with E-state index in [9.17, 15) is 13.5 Å². The second kappa shape index (κ2) is 7.71. The third-order valence-corrected chi connectivity index (χ3v) is 7.25. The van der Waals surface area contributed by atoms with Crippen LogP contribution in [0.5, 0.6) is 0 Å². The lowest BCUT2D eigenvalue weighted by Gasteiger charge is -2.18. The predicted molar refractivity (Wildman–Crippen MR) is 105 cm³/mol. The third-order valence-electron chi connectivity index (χ3n) is 5.29. The largest absolute Gasteiger partial charge is 0.391 e. The van der Waals surface area contributed by atoms with Gasteiger partial charge < -0.3 is 5.11 Å². The number of sulfonamides is 1. The molecule has 2 atom stereocenters. The Hall–Kier alpha value is -1.74. The number of benzene rings is 1. The van der Waals surface area contributed by atoms with Crippen molar-refractivity contribution in [3.05, 3.63) is 47.3 Å². The summed E-state index contributed by atoms with van der Waals surface area (Å²) < 4.78 is 27.5. The number of aromatic nitrogens is 2. The van der Waals surface area contributed by atoms with E-state index < -0.39 is 16.1 Å². The van der Waals surface area contributed by atoms with E-state index in [1.54, 1.807) is 0 Å². The zero-order valence-electron chi connectivity index (χ0n) is 16.3. The number of hydrogen-bond donors (Lipinski definition) is 1. The van der Waals surface area contributed by atoms with Crippen molar-refractivity contribution in [2.24, 2.45) is 5.92 Å². The van der Waals surface area contributed by atoms with Crippen molar-refractivity contribution in [1.29, 1.82) is 0 Å². The lowest BCUT2D eigenvalue weighted by molar-refractivity contribution is 0.148. The average Bonchev–Trinajstić information content (AvgIpc) is 3.09. The monoisotopic (exact) mass is 392 g/mol. The average molecular weight is 393 g/mol. The Morgan fingerprint density at radius 1 is 1.19 bits per heavy atom. The molecule has 8 heteroatoms. The molecule has 0 radical (unpaired) electrons. The van der Waals surface area contributed by atoms with Gasteiger partial charge in [0, 0.05) is 50.9 Å². The molecule has 1 aromatic carbocycles. The summed E-state index contributed by atoms with van der Waals surface area (Å²) >= 11 is 0. The maximum absolute atomic E-state index is 12.1. The van der Waals surface area contributed by atoms with Gasteiger partial charge in [0.2, 0.25) is 10.0 Å². The Labute approximate surface area is 161 Å². The SMILES string of the molecule is Cc1nn(-c2ccccc2)c(C)c1CN1C[C@@H](CS(=O)(=O)N(C)C)[C@H](O)C1. The number of hydrogen-bond acceptors (Lipinski definition) is 5. The van der Waals surface area contributed by atoms with Crippen LogP contribution in [0.25, 0.3) is 5.69 Å². The molecule has 0 bridgehead atoms. The minimum absolute atomic E-state index is 0.0289. The molecule has 0 aliphatic carbocycles. The van der Waals surface area contributed by atoms with Crippen LogP contribution in [0, 0.1) is 19.8 Å². The van der Waals surface area contributed by atoms with Crippen LogP contribution in [-0.2, 0) is 16.6 Å². The van der Waals surface area contributed by atoms with E-state index >= 15 is 0 Å². The summed E-state index contributed by atoms with van der Waals surface area (Å²) in [6, 6.07) is 9.98. The molecule has 0 unspecified atom stereocenters. The first-order valence-electron chi connectivity index (χ1n) is 9.10. The standard InChI is InChI=1S/C19H28N4O3S/c1-14-18(15(2)23(20-14)17-8-6-5-7-9-17)11-22-10-16(19(24)12-22)13-27(25,26)21(3)4/h5-9,16,19,24H,10-13H2,1-4H3/t16-,19+/m0/s1. The summed E-state index contributed by atoms with van der Waals surface area (Å²) in [5.41, 5.74) is 4.16. The van der Waals surface area contributed by atoms with Crippen molar-refractivity contribution in [1.82, 2.24) is 19.0 Å². The van der Waals surface area contributed by atoms with Gasteiger partial charge in [-0.25, -0.2) is 17.4 Å². The molecular weight excluding hydrogens is 364 g/mol. The highest BCUT2D eigenvalue weighted by molar-refractivity contribution is 7.89. The number of nitrogens with zero attached hydrogens (tertiary/aromatic N) is 4. The van der Waals surface area contributed by atoms with Gasteiger partial charge in [0.05, 0.1) is 23.2 Å². The second-order valence-corrected chi connectivity index (χ2v) is 9.71. The molecular formula is C19H28N4O3S. The molecule has 7 nitrogen and oxygen atoms in total. The van der Waals surface area contributed by atoms with Crippen LogP contribution in [0.15, 0.2) is 30.3 Å². The highest BCUT2D eigenvalue weighted by atomic mass is 32.2. The van der Waals surface area contributed by atoms with Gasteiger partial charge in [-0.1, -0.05) is 18.2 Å². The van der Waals surface area contributed by atoms with Gasteiger partial charge >= 0.3 is 0 Å². The van der Waals surface area contributed by atoms with Crippen molar-refractivity contribution in [3.8, 4) is 5.69 Å². The molecule has 2 aromatic rings. The molecule has 27 heavy (non-hydrogen) atoms. The Balaban J connectivity index is 1.74. The summed E-state index contributed by atoms with van der Waals surface area (Å²) in [6.45, 7) is 5.72. The van der Waals surface area contributed by atoms with Gasteiger partial charge in [0.25, 0.3) is 0 Å². The Morgan fingerprint density at radius 2 is 1.85 bits per heavy atom. The summed E-state index contributed by atoms with van der Waals surface area (Å²) in [5, 5.41) is 15.0. The van der Waals surface area contributed by atoms with Crippen molar-refractivity contribution in [2.45, 2.75) is 26.5 Å². The molecule has 1 N–H and O–H groups in total. The molecule has 2 heterocycles. The number of β-amino-alcohol motifs (C(OH)–C–C–N with tert-alkyl or cyclic N) is 1. The molecule has 148 valence electrons. The van der Waals surface area contributed by atoms with Gasteiger partial charge in [-0.15, -0.1) is 0 Å². The van der Waals surface area contributed by atoms with Crippen LogP contribution in [0.4, 0.5) is 0 Å². The van der Waals surface area contributed by atoms with E-state index in [4.69, 9.17) is 0 Å². The molecule has 3 rings (SSSR count). The zero-order valence-corrected chi connectivity index (χ0v) is 17.1. The number of rotatable bonds is 6. The molecule has 1 aliphatic rings. The highest BCUT2D eigenvalue weighted by Crippen LogP contribution is 2.25. The lowest BCUT2D eigenvalue weighted by atomic mass is 10.1. The summed E-state index contributed by atoms with van der Waals surface area (Å²) in [4.78, 5) is 2.12. The highest BCUT2D eigenvalue weighted by Gasteiger charge is 2.35. The second-order valence-electron chi connectivity index (χ2n) is 7.48. The number of likely N-dealkylation sites (tertiary alicyclic amines) is 1. The molecule has 1 saturated heterocycles. The molecule has 1 aromatic heterocycles. The van der Waals surface area contributed by atoms with Crippen molar-refractivity contribution < 1.29 is 13.5 Å². The predicted octanol–water partition coefficient (Wildman–Crippen LogP) is 1.17.